The van der Waals surface area contributed by atoms with Crippen molar-refractivity contribution in [3.05, 3.63) is 29.0 Å². The van der Waals surface area contributed by atoms with Crippen molar-refractivity contribution in [3.63, 3.8) is 0 Å². The van der Waals surface area contributed by atoms with E-state index in [9.17, 15) is 4.79 Å². The highest BCUT2D eigenvalue weighted by molar-refractivity contribution is 7.13. The molecule has 0 aromatic carbocycles. The van der Waals surface area contributed by atoms with Crippen LogP contribution in [0, 0.1) is 6.92 Å². The fraction of sp³-hybridized carbons (Fsp3) is 0.467. The number of thiophene rings is 1. The first kappa shape index (κ1) is 20.0. The van der Waals surface area contributed by atoms with E-state index in [1.54, 1.807) is 11.3 Å². The van der Waals surface area contributed by atoms with Gasteiger partial charge in [-0.2, -0.15) is 0 Å². The molecule has 2 aromatic rings. The van der Waals surface area contributed by atoms with E-state index in [0.29, 0.717) is 5.89 Å². The van der Waals surface area contributed by atoms with Gasteiger partial charge in [0, 0.05) is 12.6 Å². The zero-order valence-corrected chi connectivity index (χ0v) is 15.3. The van der Waals surface area contributed by atoms with E-state index in [1.165, 1.54) is 0 Å². The Morgan fingerprint density at radius 2 is 2.35 bits per heavy atom. The number of hydrogen-bond donors (Lipinski definition) is 2. The van der Waals surface area contributed by atoms with E-state index >= 15 is 0 Å². The Bertz CT molecular complexity index is 610. The van der Waals surface area contributed by atoms with E-state index in [2.05, 4.69) is 15.6 Å². The Labute approximate surface area is 152 Å². The standard InChI is InChI=1S/C15H19N3O2S.2ClH/c1-10-12(18-15(20-10)13-5-3-7-21-13)8-14(19)17-11-4-2-6-16-9-11;;/h3,5,7,11,16H,2,4,6,8-9H2,1H3,(H,17,19);2*1H/t11-;;/m0../s1. The molecule has 0 aliphatic carbocycles. The molecular weight excluding hydrogens is 357 g/mol. The van der Waals surface area contributed by atoms with Crippen molar-refractivity contribution in [1.82, 2.24) is 15.6 Å². The lowest BCUT2D eigenvalue weighted by molar-refractivity contribution is -0.121. The van der Waals surface area contributed by atoms with Crippen LogP contribution in [0.4, 0.5) is 0 Å². The van der Waals surface area contributed by atoms with E-state index in [0.717, 1.165) is 42.3 Å². The van der Waals surface area contributed by atoms with E-state index in [4.69, 9.17) is 4.42 Å². The summed E-state index contributed by atoms with van der Waals surface area (Å²) >= 11 is 1.58. The van der Waals surface area contributed by atoms with Gasteiger partial charge in [-0.1, -0.05) is 6.07 Å². The summed E-state index contributed by atoms with van der Waals surface area (Å²) < 4.78 is 5.66. The molecule has 128 valence electrons. The fourth-order valence-electron chi connectivity index (χ4n) is 2.50. The predicted octanol–water partition coefficient (Wildman–Crippen LogP) is 2.97. The Balaban J connectivity index is 0.00000132. The van der Waals surface area contributed by atoms with Crippen LogP contribution in [-0.2, 0) is 11.2 Å². The van der Waals surface area contributed by atoms with E-state index < -0.39 is 0 Å². The van der Waals surface area contributed by atoms with Crippen LogP contribution in [0.2, 0.25) is 0 Å². The van der Waals surface area contributed by atoms with Crippen molar-refractivity contribution in [2.45, 2.75) is 32.2 Å². The molecule has 0 bridgehead atoms. The summed E-state index contributed by atoms with van der Waals surface area (Å²) in [6.45, 7) is 3.75. The third-order valence-electron chi connectivity index (χ3n) is 3.61. The third-order valence-corrected chi connectivity index (χ3v) is 4.47. The Morgan fingerprint density at radius 3 is 3.00 bits per heavy atom. The van der Waals surface area contributed by atoms with Crippen molar-refractivity contribution in [2.24, 2.45) is 0 Å². The molecule has 5 nitrogen and oxygen atoms in total. The maximum absolute atomic E-state index is 12.1. The van der Waals surface area contributed by atoms with Crippen molar-refractivity contribution in [1.29, 1.82) is 0 Å². The van der Waals surface area contributed by atoms with Crippen LogP contribution in [0.25, 0.3) is 10.8 Å². The molecule has 3 rings (SSSR count). The average molecular weight is 378 g/mol. The lowest BCUT2D eigenvalue weighted by Gasteiger charge is -2.23. The van der Waals surface area contributed by atoms with Gasteiger partial charge in [0.25, 0.3) is 0 Å². The summed E-state index contributed by atoms with van der Waals surface area (Å²) in [5.74, 6) is 1.33. The van der Waals surface area contributed by atoms with Gasteiger partial charge < -0.3 is 15.1 Å². The van der Waals surface area contributed by atoms with Crippen molar-refractivity contribution < 1.29 is 9.21 Å². The second-order valence-electron chi connectivity index (χ2n) is 5.29. The zero-order valence-electron chi connectivity index (χ0n) is 12.8. The number of halogens is 2. The van der Waals surface area contributed by atoms with Gasteiger partial charge in [-0.25, -0.2) is 4.98 Å². The smallest absolute Gasteiger partial charge is 0.236 e. The van der Waals surface area contributed by atoms with Crippen molar-refractivity contribution in [2.75, 3.05) is 13.1 Å². The Morgan fingerprint density at radius 1 is 1.52 bits per heavy atom. The molecule has 1 amide bonds. The van der Waals surface area contributed by atoms with Crippen molar-refractivity contribution >= 4 is 42.1 Å². The van der Waals surface area contributed by atoms with Crippen LogP contribution in [0.5, 0.6) is 0 Å². The minimum absolute atomic E-state index is 0. The molecule has 1 aliphatic heterocycles. The Hall–Kier alpha value is -1.08. The SMILES string of the molecule is Cc1oc(-c2cccs2)nc1CC(=O)N[C@H]1CCCNC1.Cl.Cl. The zero-order chi connectivity index (χ0) is 14.7. The summed E-state index contributed by atoms with van der Waals surface area (Å²) in [5.41, 5.74) is 0.722. The van der Waals surface area contributed by atoms with Crippen LogP contribution in [0.3, 0.4) is 0 Å². The van der Waals surface area contributed by atoms with E-state index in [-0.39, 0.29) is 43.2 Å². The summed E-state index contributed by atoms with van der Waals surface area (Å²) in [6.07, 6.45) is 2.42. The lowest BCUT2D eigenvalue weighted by atomic mass is 10.1. The van der Waals surface area contributed by atoms with Crippen LogP contribution in [0.15, 0.2) is 21.9 Å². The quantitative estimate of drug-likeness (QED) is 0.859. The highest BCUT2D eigenvalue weighted by Crippen LogP contribution is 2.26. The molecule has 23 heavy (non-hydrogen) atoms. The largest absolute Gasteiger partial charge is 0.440 e. The number of piperidine rings is 1. The van der Waals surface area contributed by atoms with Crippen LogP contribution < -0.4 is 10.6 Å². The minimum atomic E-state index is 0. The fourth-order valence-corrected chi connectivity index (χ4v) is 3.15. The van der Waals surface area contributed by atoms with Crippen molar-refractivity contribution in [3.8, 4) is 10.8 Å². The Kier molecular flexibility index (Phi) is 8.05. The first-order valence-corrected chi connectivity index (χ1v) is 8.10. The number of aromatic nitrogens is 1. The van der Waals surface area contributed by atoms with Gasteiger partial charge >= 0.3 is 0 Å². The molecule has 3 heterocycles. The third kappa shape index (κ3) is 5.21. The first-order chi connectivity index (χ1) is 10.2. The number of carbonyl (C=O) groups is 1. The first-order valence-electron chi connectivity index (χ1n) is 7.22. The molecule has 1 atom stereocenters. The number of rotatable bonds is 4. The number of nitrogens with zero attached hydrogens (tertiary/aromatic N) is 1. The molecule has 0 radical (unpaired) electrons. The molecule has 1 saturated heterocycles. The summed E-state index contributed by atoms with van der Waals surface area (Å²) in [4.78, 5) is 17.6. The van der Waals surface area contributed by atoms with Crippen LogP contribution >= 0.6 is 36.2 Å². The number of nitrogens with one attached hydrogen (secondary N) is 2. The summed E-state index contributed by atoms with van der Waals surface area (Å²) in [5, 5.41) is 8.33. The van der Waals surface area contributed by atoms with E-state index in [1.807, 2.05) is 24.4 Å². The molecule has 2 aromatic heterocycles. The predicted molar refractivity (Wildman–Crippen MR) is 96.8 cm³/mol. The average Bonchev–Trinajstić information content (AvgIpc) is 3.10. The molecule has 1 fully saturated rings. The highest BCUT2D eigenvalue weighted by atomic mass is 35.5. The second kappa shape index (κ2) is 9.27. The topological polar surface area (TPSA) is 67.2 Å². The van der Waals surface area contributed by atoms with Crippen LogP contribution in [-0.4, -0.2) is 30.0 Å². The molecule has 2 N–H and O–H groups in total. The summed E-state index contributed by atoms with van der Waals surface area (Å²) in [6, 6.07) is 4.16. The van der Waals surface area contributed by atoms with Gasteiger partial charge in [0.1, 0.15) is 5.76 Å². The molecule has 0 unspecified atom stereocenters. The maximum atomic E-state index is 12.1. The van der Waals surface area contributed by atoms with Gasteiger partial charge in [0.05, 0.1) is 17.0 Å². The van der Waals surface area contributed by atoms with Gasteiger partial charge in [-0.3, -0.25) is 4.79 Å². The highest BCUT2D eigenvalue weighted by Gasteiger charge is 2.18. The van der Waals surface area contributed by atoms with Gasteiger partial charge in [0.15, 0.2) is 0 Å². The number of amides is 1. The number of carbonyl (C=O) groups excluding carboxylic acids is 1. The summed E-state index contributed by atoms with van der Waals surface area (Å²) in [7, 11) is 0. The minimum Gasteiger partial charge on any atom is -0.440 e. The number of aryl methyl sites for hydroxylation is 1. The normalized spacial score (nSPS) is 17.0. The second-order valence-corrected chi connectivity index (χ2v) is 6.23. The monoisotopic (exact) mass is 377 g/mol. The lowest BCUT2D eigenvalue weighted by Crippen LogP contribution is -2.46. The molecule has 8 heteroatoms. The molecular formula is C15H21Cl2N3O2S. The molecule has 0 saturated carbocycles. The van der Waals surface area contributed by atoms with Gasteiger partial charge in [0.2, 0.25) is 11.8 Å². The van der Waals surface area contributed by atoms with Crippen LogP contribution in [0.1, 0.15) is 24.3 Å². The maximum Gasteiger partial charge on any atom is 0.236 e. The molecule has 0 spiro atoms. The van der Waals surface area contributed by atoms with Gasteiger partial charge in [-0.05, 0) is 37.8 Å². The number of oxazole rings is 1. The number of hydrogen-bond acceptors (Lipinski definition) is 5. The van der Waals surface area contributed by atoms with Gasteiger partial charge in [-0.15, -0.1) is 36.2 Å². The molecule has 1 aliphatic rings.